The zero-order valence-corrected chi connectivity index (χ0v) is 9.99. The van der Waals surface area contributed by atoms with Crippen molar-refractivity contribution in [2.75, 3.05) is 32.6 Å². The number of hydrogen-bond donors (Lipinski definition) is 2. The predicted molar refractivity (Wildman–Crippen MR) is 59.2 cm³/mol. The van der Waals surface area contributed by atoms with Crippen LogP contribution >= 0.6 is 12.4 Å². The molecule has 0 fully saturated rings. The van der Waals surface area contributed by atoms with Crippen molar-refractivity contribution in [3.8, 4) is 0 Å². The van der Waals surface area contributed by atoms with E-state index in [0.717, 1.165) is 0 Å². The zero-order chi connectivity index (χ0) is 10.2. The standard InChI is InChI=1S/C7H18N2O3S.ClH/c1-12-6-3-7-13(10,11)9-5-2-4-8;/h9H,2-8H2,1H3;1H. The Kier molecular flexibility index (Phi) is 11.4. The van der Waals surface area contributed by atoms with Gasteiger partial charge >= 0.3 is 0 Å². The van der Waals surface area contributed by atoms with Crippen LogP contribution in [0.25, 0.3) is 0 Å². The summed E-state index contributed by atoms with van der Waals surface area (Å²) in [6, 6.07) is 0. The highest BCUT2D eigenvalue weighted by atomic mass is 35.5. The van der Waals surface area contributed by atoms with Gasteiger partial charge in [-0.25, -0.2) is 13.1 Å². The van der Waals surface area contributed by atoms with Crippen molar-refractivity contribution in [3.63, 3.8) is 0 Å². The summed E-state index contributed by atoms with van der Waals surface area (Å²) in [6.45, 7) is 1.39. The summed E-state index contributed by atoms with van der Waals surface area (Å²) in [6.07, 6.45) is 1.19. The van der Waals surface area contributed by atoms with Gasteiger partial charge in [0, 0.05) is 20.3 Å². The van der Waals surface area contributed by atoms with E-state index in [1.165, 1.54) is 0 Å². The third-order valence-electron chi connectivity index (χ3n) is 1.46. The molecule has 0 aromatic carbocycles. The fourth-order valence-corrected chi connectivity index (χ4v) is 1.89. The van der Waals surface area contributed by atoms with Crippen molar-refractivity contribution in [1.29, 1.82) is 0 Å². The molecule has 0 spiro atoms. The van der Waals surface area contributed by atoms with E-state index < -0.39 is 10.0 Å². The first-order valence-corrected chi connectivity index (χ1v) is 5.94. The summed E-state index contributed by atoms with van der Waals surface area (Å²) in [5.41, 5.74) is 5.22. The van der Waals surface area contributed by atoms with Gasteiger partial charge in [-0.1, -0.05) is 0 Å². The van der Waals surface area contributed by atoms with Gasteiger partial charge in [-0.05, 0) is 19.4 Å². The molecule has 88 valence electrons. The molecule has 0 aliphatic heterocycles. The van der Waals surface area contributed by atoms with Gasteiger partial charge in [-0.2, -0.15) is 0 Å². The summed E-state index contributed by atoms with van der Waals surface area (Å²) in [7, 11) is -1.56. The fraction of sp³-hybridized carbons (Fsp3) is 1.00. The van der Waals surface area contributed by atoms with Crippen molar-refractivity contribution in [1.82, 2.24) is 4.72 Å². The molecule has 0 heterocycles. The molecule has 0 saturated heterocycles. The second-order valence-electron chi connectivity index (χ2n) is 2.70. The van der Waals surface area contributed by atoms with Crippen LogP contribution in [0.5, 0.6) is 0 Å². The predicted octanol–water partition coefficient (Wildman–Crippen LogP) is -0.287. The van der Waals surface area contributed by atoms with Gasteiger partial charge in [-0.15, -0.1) is 12.4 Å². The Labute approximate surface area is 91.8 Å². The van der Waals surface area contributed by atoms with E-state index in [0.29, 0.717) is 32.5 Å². The van der Waals surface area contributed by atoms with E-state index >= 15 is 0 Å². The summed E-state index contributed by atoms with van der Waals surface area (Å²) < 4.78 is 29.6. The molecule has 0 bridgehead atoms. The lowest BCUT2D eigenvalue weighted by molar-refractivity contribution is 0.199. The fourth-order valence-electron chi connectivity index (χ4n) is 0.795. The first-order chi connectivity index (χ1) is 6.12. The minimum atomic E-state index is -3.11. The molecular weight excluding hydrogens is 228 g/mol. The molecule has 0 atom stereocenters. The molecule has 5 nitrogen and oxygen atoms in total. The Morgan fingerprint density at radius 1 is 1.36 bits per heavy atom. The van der Waals surface area contributed by atoms with E-state index in [9.17, 15) is 8.42 Å². The molecule has 0 unspecified atom stereocenters. The molecule has 0 aromatic heterocycles. The highest BCUT2D eigenvalue weighted by Crippen LogP contribution is 1.90. The molecule has 0 aliphatic rings. The topological polar surface area (TPSA) is 81.4 Å². The Hall–Kier alpha value is 0.120. The maximum Gasteiger partial charge on any atom is 0.211 e. The zero-order valence-electron chi connectivity index (χ0n) is 8.36. The Balaban J connectivity index is 0. The lowest BCUT2D eigenvalue weighted by Gasteiger charge is -2.04. The van der Waals surface area contributed by atoms with Gasteiger partial charge in [0.1, 0.15) is 0 Å². The van der Waals surface area contributed by atoms with E-state index in [-0.39, 0.29) is 18.2 Å². The molecule has 0 aromatic rings. The van der Waals surface area contributed by atoms with Crippen LogP contribution in [-0.4, -0.2) is 41.0 Å². The SMILES string of the molecule is COCCCS(=O)(=O)NCCCN.Cl. The highest BCUT2D eigenvalue weighted by molar-refractivity contribution is 7.89. The minimum Gasteiger partial charge on any atom is -0.385 e. The van der Waals surface area contributed by atoms with Gasteiger partial charge in [-0.3, -0.25) is 0 Å². The molecule has 0 radical (unpaired) electrons. The molecule has 0 rings (SSSR count). The van der Waals surface area contributed by atoms with Gasteiger partial charge in [0.05, 0.1) is 5.75 Å². The quantitative estimate of drug-likeness (QED) is 0.577. The molecular formula is C7H19ClN2O3S. The van der Waals surface area contributed by atoms with E-state index in [1.54, 1.807) is 7.11 Å². The largest absolute Gasteiger partial charge is 0.385 e. The number of nitrogens with two attached hydrogens (primary N) is 1. The molecule has 0 saturated carbocycles. The minimum absolute atomic E-state index is 0. The van der Waals surface area contributed by atoms with Crippen molar-refractivity contribution >= 4 is 22.4 Å². The lowest BCUT2D eigenvalue weighted by atomic mass is 10.4. The normalized spacial score (nSPS) is 11.0. The van der Waals surface area contributed by atoms with E-state index in [2.05, 4.69) is 4.72 Å². The first kappa shape index (κ1) is 16.5. The summed E-state index contributed by atoms with van der Waals surface area (Å²) in [4.78, 5) is 0. The summed E-state index contributed by atoms with van der Waals surface area (Å²) >= 11 is 0. The Morgan fingerprint density at radius 2 is 2.00 bits per heavy atom. The second-order valence-corrected chi connectivity index (χ2v) is 4.63. The van der Waals surface area contributed by atoms with Crippen molar-refractivity contribution in [2.45, 2.75) is 12.8 Å². The van der Waals surface area contributed by atoms with Crippen LogP contribution < -0.4 is 10.5 Å². The lowest BCUT2D eigenvalue weighted by Crippen LogP contribution is -2.28. The number of hydrogen-bond acceptors (Lipinski definition) is 4. The Morgan fingerprint density at radius 3 is 2.50 bits per heavy atom. The molecule has 7 heteroatoms. The van der Waals surface area contributed by atoms with Gasteiger partial charge in [0.25, 0.3) is 0 Å². The van der Waals surface area contributed by atoms with Crippen LogP contribution in [0.4, 0.5) is 0 Å². The maximum atomic E-state index is 11.2. The number of ether oxygens (including phenoxy) is 1. The van der Waals surface area contributed by atoms with E-state index in [4.69, 9.17) is 10.5 Å². The van der Waals surface area contributed by atoms with Crippen LogP contribution in [-0.2, 0) is 14.8 Å². The molecule has 3 N–H and O–H groups in total. The smallest absolute Gasteiger partial charge is 0.211 e. The second kappa shape index (κ2) is 9.67. The van der Waals surface area contributed by atoms with Crippen LogP contribution in [0, 0.1) is 0 Å². The average Bonchev–Trinajstić information content (AvgIpc) is 2.05. The van der Waals surface area contributed by atoms with Crippen molar-refractivity contribution < 1.29 is 13.2 Å². The molecule has 0 aliphatic carbocycles. The maximum absolute atomic E-state index is 11.2. The van der Waals surface area contributed by atoms with Gasteiger partial charge in [0.15, 0.2) is 0 Å². The summed E-state index contributed by atoms with van der Waals surface area (Å²) in [5.74, 6) is 0.116. The molecule has 14 heavy (non-hydrogen) atoms. The number of nitrogens with one attached hydrogen (secondary N) is 1. The number of rotatable bonds is 8. The molecule has 0 amide bonds. The monoisotopic (exact) mass is 246 g/mol. The van der Waals surface area contributed by atoms with E-state index in [1.807, 2.05) is 0 Å². The van der Waals surface area contributed by atoms with Crippen LogP contribution in [0.1, 0.15) is 12.8 Å². The average molecular weight is 247 g/mol. The summed E-state index contributed by atoms with van der Waals surface area (Å²) in [5, 5.41) is 0. The number of sulfonamides is 1. The van der Waals surface area contributed by atoms with Gasteiger partial charge < -0.3 is 10.5 Å². The number of methoxy groups -OCH3 is 1. The van der Waals surface area contributed by atoms with Crippen molar-refractivity contribution in [3.05, 3.63) is 0 Å². The third kappa shape index (κ3) is 10.2. The highest BCUT2D eigenvalue weighted by Gasteiger charge is 2.07. The van der Waals surface area contributed by atoms with Crippen LogP contribution in [0.15, 0.2) is 0 Å². The van der Waals surface area contributed by atoms with Crippen molar-refractivity contribution in [2.24, 2.45) is 5.73 Å². The van der Waals surface area contributed by atoms with Crippen LogP contribution in [0.3, 0.4) is 0 Å². The van der Waals surface area contributed by atoms with Gasteiger partial charge in [0.2, 0.25) is 10.0 Å². The number of halogens is 1. The third-order valence-corrected chi connectivity index (χ3v) is 2.93. The Bertz CT molecular complexity index is 193. The van der Waals surface area contributed by atoms with Crippen LogP contribution in [0.2, 0.25) is 0 Å². The first-order valence-electron chi connectivity index (χ1n) is 4.28.